The molecule has 2 amide bonds. The molecule has 4 nitrogen and oxygen atoms in total. The highest BCUT2D eigenvalue weighted by Gasteiger charge is 2.08. The first kappa shape index (κ1) is 10.7. The van der Waals surface area contributed by atoms with Gasteiger partial charge in [0.2, 0.25) is 5.91 Å². The number of thiophene rings is 1. The van der Waals surface area contributed by atoms with E-state index < -0.39 is 0 Å². The van der Waals surface area contributed by atoms with Gasteiger partial charge < -0.3 is 10.6 Å². The van der Waals surface area contributed by atoms with Crippen LogP contribution >= 0.6 is 11.3 Å². The minimum Gasteiger partial charge on any atom is -0.358 e. The second-order valence-corrected chi connectivity index (χ2v) is 3.76. The van der Waals surface area contributed by atoms with Gasteiger partial charge in [-0.3, -0.25) is 9.59 Å². The van der Waals surface area contributed by atoms with E-state index in [1.807, 2.05) is 12.3 Å². The van der Waals surface area contributed by atoms with Crippen molar-refractivity contribution in [2.45, 2.75) is 6.92 Å². The highest BCUT2D eigenvalue weighted by molar-refractivity contribution is 7.12. The van der Waals surface area contributed by atoms with Gasteiger partial charge >= 0.3 is 0 Å². The maximum atomic E-state index is 11.4. The van der Waals surface area contributed by atoms with Crippen molar-refractivity contribution in [2.75, 3.05) is 13.6 Å². The quantitative estimate of drug-likeness (QED) is 0.768. The van der Waals surface area contributed by atoms with Gasteiger partial charge in [-0.2, -0.15) is 0 Å². The molecule has 5 heteroatoms. The van der Waals surface area contributed by atoms with Crippen LogP contribution < -0.4 is 10.6 Å². The molecule has 0 saturated carbocycles. The highest BCUT2D eigenvalue weighted by atomic mass is 32.1. The van der Waals surface area contributed by atoms with E-state index in [4.69, 9.17) is 0 Å². The number of amides is 2. The maximum absolute atomic E-state index is 11.4. The molecule has 0 aliphatic heterocycles. The molecule has 1 rings (SSSR count). The molecule has 1 aromatic rings. The van der Waals surface area contributed by atoms with E-state index in [9.17, 15) is 9.59 Å². The van der Waals surface area contributed by atoms with Crippen molar-refractivity contribution in [1.29, 1.82) is 0 Å². The average Bonchev–Trinajstić information content (AvgIpc) is 2.60. The van der Waals surface area contributed by atoms with Gasteiger partial charge in [-0.15, -0.1) is 11.3 Å². The van der Waals surface area contributed by atoms with Crippen LogP contribution in [-0.4, -0.2) is 25.4 Å². The van der Waals surface area contributed by atoms with Crippen molar-refractivity contribution < 1.29 is 9.59 Å². The summed E-state index contributed by atoms with van der Waals surface area (Å²) >= 11 is 1.37. The van der Waals surface area contributed by atoms with Crippen LogP contribution in [0.4, 0.5) is 0 Å². The Morgan fingerprint density at radius 1 is 1.50 bits per heavy atom. The molecule has 0 aliphatic rings. The molecule has 1 aromatic heterocycles. The predicted octanol–water partition coefficient (Wildman–Crippen LogP) is 0.532. The van der Waals surface area contributed by atoms with Crippen molar-refractivity contribution in [2.24, 2.45) is 0 Å². The Balaban J connectivity index is 2.47. The third kappa shape index (κ3) is 2.85. The summed E-state index contributed by atoms with van der Waals surface area (Å²) in [6.45, 7) is 1.94. The van der Waals surface area contributed by atoms with Crippen LogP contribution in [0.2, 0.25) is 0 Å². The van der Waals surface area contributed by atoms with Crippen molar-refractivity contribution in [1.82, 2.24) is 10.6 Å². The zero-order chi connectivity index (χ0) is 10.6. The molecule has 0 aliphatic carbocycles. The van der Waals surface area contributed by atoms with Crippen molar-refractivity contribution in [3.8, 4) is 0 Å². The molecule has 0 saturated heterocycles. The molecule has 0 atom stereocenters. The topological polar surface area (TPSA) is 58.2 Å². The summed E-state index contributed by atoms with van der Waals surface area (Å²) in [7, 11) is 1.53. The summed E-state index contributed by atoms with van der Waals surface area (Å²) in [4.78, 5) is 22.9. The molecule has 0 radical (unpaired) electrons. The Kier molecular flexibility index (Phi) is 3.64. The molecule has 0 unspecified atom stereocenters. The van der Waals surface area contributed by atoms with E-state index in [0.717, 1.165) is 5.56 Å². The number of hydrogen-bond donors (Lipinski definition) is 2. The maximum Gasteiger partial charge on any atom is 0.261 e. The summed E-state index contributed by atoms with van der Waals surface area (Å²) in [5.41, 5.74) is 1.06. The largest absolute Gasteiger partial charge is 0.358 e. The van der Waals surface area contributed by atoms with Gasteiger partial charge in [0.1, 0.15) is 0 Å². The summed E-state index contributed by atoms with van der Waals surface area (Å²) < 4.78 is 0. The van der Waals surface area contributed by atoms with Crippen LogP contribution in [0.1, 0.15) is 15.2 Å². The smallest absolute Gasteiger partial charge is 0.261 e. The number of carbonyl (C=O) groups excluding carboxylic acids is 2. The van der Waals surface area contributed by atoms with E-state index in [-0.39, 0.29) is 18.4 Å². The number of aryl methyl sites for hydroxylation is 1. The van der Waals surface area contributed by atoms with Crippen LogP contribution in [0, 0.1) is 6.92 Å². The van der Waals surface area contributed by atoms with Crippen LogP contribution in [0.5, 0.6) is 0 Å². The first-order chi connectivity index (χ1) is 6.63. The summed E-state index contributed by atoms with van der Waals surface area (Å²) in [5.74, 6) is -0.404. The minimum atomic E-state index is -0.202. The lowest BCUT2D eigenvalue weighted by Crippen LogP contribution is -2.34. The van der Waals surface area contributed by atoms with Crippen molar-refractivity contribution in [3.63, 3.8) is 0 Å². The Morgan fingerprint density at radius 3 is 2.71 bits per heavy atom. The number of hydrogen-bond acceptors (Lipinski definition) is 3. The van der Waals surface area contributed by atoms with E-state index in [0.29, 0.717) is 4.88 Å². The standard InChI is InChI=1S/C9H12N2O2S/c1-6-3-7(14-5-6)9(13)11-4-8(12)10-2/h3,5H,4H2,1-2H3,(H,10,12)(H,11,13). The number of carbonyl (C=O) groups is 2. The summed E-state index contributed by atoms with van der Waals surface area (Å²) in [5, 5.41) is 6.85. The average molecular weight is 212 g/mol. The Bertz CT molecular complexity index is 346. The second kappa shape index (κ2) is 4.76. The molecular weight excluding hydrogens is 200 g/mol. The normalized spacial score (nSPS) is 9.57. The van der Waals surface area contributed by atoms with E-state index in [1.54, 1.807) is 6.07 Å². The van der Waals surface area contributed by atoms with Crippen LogP contribution in [0.25, 0.3) is 0 Å². The fourth-order valence-electron chi connectivity index (χ4n) is 0.886. The third-order valence-corrected chi connectivity index (χ3v) is 2.69. The van der Waals surface area contributed by atoms with Gasteiger partial charge in [0, 0.05) is 7.05 Å². The van der Waals surface area contributed by atoms with Gasteiger partial charge in [0.25, 0.3) is 5.91 Å². The molecule has 2 N–H and O–H groups in total. The minimum absolute atomic E-state index is 0.0201. The molecule has 0 spiro atoms. The zero-order valence-corrected chi connectivity index (χ0v) is 8.90. The van der Waals surface area contributed by atoms with Gasteiger partial charge in [-0.05, 0) is 23.9 Å². The lowest BCUT2D eigenvalue weighted by Gasteiger charge is -2.01. The predicted molar refractivity (Wildman–Crippen MR) is 55.5 cm³/mol. The Labute approximate surface area is 86.3 Å². The van der Waals surface area contributed by atoms with Gasteiger partial charge in [-0.25, -0.2) is 0 Å². The van der Waals surface area contributed by atoms with Crippen LogP contribution in [0.3, 0.4) is 0 Å². The molecule has 14 heavy (non-hydrogen) atoms. The van der Waals surface area contributed by atoms with E-state index in [2.05, 4.69) is 10.6 Å². The molecule has 0 fully saturated rings. The molecule has 0 bridgehead atoms. The zero-order valence-electron chi connectivity index (χ0n) is 8.09. The molecule has 0 aromatic carbocycles. The second-order valence-electron chi connectivity index (χ2n) is 2.84. The highest BCUT2D eigenvalue weighted by Crippen LogP contribution is 2.12. The fourth-order valence-corrected chi connectivity index (χ4v) is 1.70. The molecular formula is C9H12N2O2S. The number of likely N-dealkylation sites (N-methyl/N-ethyl adjacent to an activating group) is 1. The molecule has 76 valence electrons. The first-order valence-electron chi connectivity index (χ1n) is 4.17. The fraction of sp³-hybridized carbons (Fsp3) is 0.333. The number of nitrogens with one attached hydrogen (secondary N) is 2. The van der Waals surface area contributed by atoms with Crippen LogP contribution in [0.15, 0.2) is 11.4 Å². The van der Waals surface area contributed by atoms with E-state index >= 15 is 0 Å². The van der Waals surface area contributed by atoms with Gasteiger partial charge in [0.05, 0.1) is 11.4 Å². The van der Waals surface area contributed by atoms with Gasteiger partial charge in [0.15, 0.2) is 0 Å². The van der Waals surface area contributed by atoms with Crippen molar-refractivity contribution >= 4 is 23.2 Å². The third-order valence-electron chi connectivity index (χ3n) is 1.64. The Hall–Kier alpha value is -1.36. The lowest BCUT2D eigenvalue weighted by molar-refractivity contribution is -0.119. The SMILES string of the molecule is CNC(=O)CNC(=O)c1cc(C)cs1. The van der Waals surface area contributed by atoms with Gasteiger partial charge in [-0.1, -0.05) is 0 Å². The summed E-state index contributed by atoms with van der Waals surface area (Å²) in [6.07, 6.45) is 0. The summed E-state index contributed by atoms with van der Waals surface area (Å²) in [6, 6.07) is 1.80. The first-order valence-corrected chi connectivity index (χ1v) is 5.05. The Morgan fingerprint density at radius 2 is 2.21 bits per heavy atom. The van der Waals surface area contributed by atoms with Crippen LogP contribution in [-0.2, 0) is 4.79 Å². The van der Waals surface area contributed by atoms with E-state index in [1.165, 1.54) is 18.4 Å². The van der Waals surface area contributed by atoms with Crippen molar-refractivity contribution in [3.05, 3.63) is 21.9 Å². The number of rotatable bonds is 3. The molecule has 1 heterocycles. The monoisotopic (exact) mass is 212 g/mol. The lowest BCUT2D eigenvalue weighted by atomic mass is 10.3.